The van der Waals surface area contributed by atoms with Gasteiger partial charge in [-0.2, -0.15) is 0 Å². The summed E-state index contributed by atoms with van der Waals surface area (Å²) in [4.78, 5) is 15.0. The number of carbonyl (C=O) groups is 1. The molecule has 0 bridgehead atoms. The molecule has 0 aliphatic carbocycles. The summed E-state index contributed by atoms with van der Waals surface area (Å²) in [5.74, 6) is -1.24. The number of hydrogen-bond acceptors (Lipinski definition) is 2. The molecule has 0 fully saturated rings. The molecule has 0 saturated heterocycles. The van der Waals surface area contributed by atoms with Crippen molar-refractivity contribution in [3.63, 3.8) is 0 Å². The topological polar surface area (TPSA) is 50.2 Å². The molecule has 0 aliphatic heterocycles. The van der Waals surface area contributed by atoms with Crippen LogP contribution < -0.4 is 0 Å². The predicted molar refractivity (Wildman–Crippen MR) is 67.1 cm³/mol. The number of benzene rings is 1. The van der Waals surface area contributed by atoms with Gasteiger partial charge in [-0.1, -0.05) is 0 Å². The lowest BCUT2D eigenvalue weighted by Gasteiger charge is -2.09. The molecule has 0 atom stereocenters. The Morgan fingerprint density at radius 2 is 2.06 bits per heavy atom. The Hall–Kier alpha value is -1.97. The molecule has 1 N–H and O–H groups in total. The van der Waals surface area contributed by atoms with Crippen molar-refractivity contribution < 1.29 is 14.3 Å². The number of nitrogens with zero attached hydrogens (tertiary/aromatic N) is 1. The molecule has 0 spiro atoms. The number of pyridine rings is 1. The maximum atomic E-state index is 13.5. The molecule has 0 aliphatic rings. The van der Waals surface area contributed by atoms with E-state index in [-0.39, 0.29) is 12.2 Å². The molecule has 0 saturated carbocycles. The predicted octanol–water partition coefficient (Wildman–Crippen LogP) is 3.01. The van der Waals surface area contributed by atoms with Crippen LogP contribution in [0.2, 0.25) is 0 Å². The number of halogens is 1. The fraction of sp³-hybridized carbons (Fsp3) is 0.286. The largest absolute Gasteiger partial charge is 0.481 e. The molecule has 0 unspecified atom stereocenters. The van der Waals surface area contributed by atoms with Gasteiger partial charge in [0.1, 0.15) is 5.82 Å². The van der Waals surface area contributed by atoms with Crippen LogP contribution >= 0.6 is 0 Å². The van der Waals surface area contributed by atoms with Crippen LogP contribution in [0.5, 0.6) is 0 Å². The van der Waals surface area contributed by atoms with E-state index >= 15 is 0 Å². The van der Waals surface area contributed by atoms with E-state index in [0.29, 0.717) is 17.5 Å². The lowest BCUT2D eigenvalue weighted by atomic mass is 10.0. The number of aliphatic carboxylic acids is 1. The highest BCUT2D eigenvalue weighted by Gasteiger charge is 2.10. The first-order valence-electron chi connectivity index (χ1n) is 5.75. The van der Waals surface area contributed by atoms with Crippen LogP contribution in [0.15, 0.2) is 18.2 Å². The van der Waals surface area contributed by atoms with Gasteiger partial charge in [-0.25, -0.2) is 4.39 Å². The van der Waals surface area contributed by atoms with Crippen molar-refractivity contribution >= 4 is 16.9 Å². The molecule has 18 heavy (non-hydrogen) atoms. The number of rotatable bonds is 3. The normalized spacial score (nSPS) is 10.8. The quantitative estimate of drug-likeness (QED) is 0.907. The molecule has 2 aromatic rings. The minimum absolute atomic E-state index is 0.0206. The van der Waals surface area contributed by atoms with E-state index in [1.54, 1.807) is 0 Å². The van der Waals surface area contributed by atoms with Crippen LogP contribution in [0.1, 0.15) is 23.2 Å². The van der Waals surface area contributed by atoms with Crippen LogP contribution in [0.3, 0.4) is 0 Å². The van der Waals surface area contributed by atoms with Gasteiger partial charge in [0.15, 0.2) is 0 Å². The lowest BCUT2D eigenvalue weighted by molar-refractivity contribution is -0.136. The Labute approximate surface area is 104 Å². The molecule has 4 heteroatoms. The third-order valence-corrected chi connectivity index (χ3v) is 2.90. The van der Waals surface area contributed by atoms with Gasteiger partial charge in [0, 0.05) is 17.5 Å². The first-order valence-corrected chi connectivity index (χ1v) is 5.75. The van der Waals surface area contributed by atoms with Crippen molar-refractivity contribution in [2.45, 2.75) is 26.7 Å². The van der Waals surface area contributed by atoms with Crippen molar-refractivity contribution in [3.05, 3.63) is 40.8 Å². The Morgan fingerprint density at radius 3 is 2.72 bits per heavy atom. The molecular weight excluding hydrogens is 233 g/mol. The Bertz CT molecular complexity index is 623. The second kappa shape index (κ2) is 4.72. The van der Waals surface area contributed by atoms with Gasteiger partial charge in [0.05, 0.1) is 5.52 Å². The average Bonchev–Trinajstić information content (AvgIpc) is 2.27. The van der Waals surface area contributed by atoms with E-state index in [2.05, 4.69) is 4.98 Å². The van der Waals surface area contributed by atoms with Crippen LogP contribution in [0, 0.1) is 19.7 Å². The fourth-order valence-corrected chi connectivity index (χ4v) is 2.12. The van der Waals surface area contributed by atoms with Crippen molar-refractivity contribution in [2.24, 2.45) is 0 Å². The van der Waals surface area contributed by atoms with E-state index in [9.17, 15) is 9.18 Å². The van der Waals surface area contributed by atoms with Crippen LogP contribution in [-0.4, -0.2) is 16.1 Å². The Balaban J connectivity index is 2.60. The second-order valence-corrected chi connectivity index (χ2v) is 4.44. The molecule has 0 radical (unpaired) electrons. The van der Waals surface area contributed by atoms with E-state index in [4.69, 9.17) is 5.11 Å². The highest BCUT2D eigenvalue weighted by molar-refractivity contribution is 5.85. The lowest BCUT2D eigenvalue weighted by Crippen LogP contribution is -2.00. The Morgan fingerprint density at radius 1 is 1.33 bits per heavy atom. The maximum Gasteiger partial charge on any atom is 0.303 e. The molecule has 2 rings (SSSR count). The third kappa shape index (κ3) is 2.47. The minimum Gasteiger partial charge on any atom is -0.481 e. The van der Waals surface area contributed by atoms with Crippen LogP contribution in [0.25, 0.3) is 10.9 Å². The summed E-state index contributed by atoms with van der Waals surface area (Å²) in [6, 6.07) is 4.71. The third-order valence-electron chi connectivity index (χ3n) is 2.90. The summed E-state index contributed by atoms with van der Waals surface area (Å²) in [5, 5.41) is 9.46. The summed E-state index contributed by atoms with van der Waals surface area (Å²) >= 11 is 0. The molecule has 94 valence electrons. The average molecular weight is 247 g/mol. The number of aryl methyl sites for hydroxylation is 3. The van der Waals surface area contributed by atoms with E-state index in [1.807, 2.05) is 19.9 Å². The summed E-state index contributed by atoms with van der Waals surface area (Å²) in [6.07, 6.45) is 0.271. The number of aromatic nitrogens is 1. The van der Waals surface area contributed by atoms with Crippen molar-refractivity contribution in [1.82, 2.24) is 4.98 Å². The number of carboxylic acid groups (broad SMARTS) is 1. The standard InChI is InChI=1S/C14H14FNO2/c1-8-5-9(2)16-14-10(3-4-13(17)18)6-11(15)7-12(8)14/h5-7H,3-4H2,1-2H3,(H,17,18). The van der Waals surface area contributed by atoms with Gasteiger partial charge in [-0.3, -0.25) is 9.78 Å². The molecule has 0 amide bonds. The zero-order valence-corrected chi connectivity index (χ0v) is 10.3. The summed E-state index contributed by atoms with van der Waals surface area (Å²) in [5.41, 5.74) is 3.16. The van der Waals surface area contributed by atoms with Gasteiger partial charge in [-0.05, 0) is 49.6 Å². The molecule has 1 heterocycles. The van der Waals surface area contributed by atoms with Gasteiger partial charge < -0.3 is 5.11 Å². The van der Waals surface area contributed by atoms with Crippen LogP contribution in [-0.2, 0) is 11.2 Å². The van der Waals surface area contributed by atoms with Crippen LogP contribution in [0.4, 0.5) is 4.39 Å². The van der Waals surface area contributed by atoms with Gasteiger partial charge in [-0.15, -0.1) is 0 Å². The number of hydrogen-bond donors (Lipinski definition) is 1. The van der Waals surface area contributed by atoms with Crippen molar-refractivity contribution in [2.75, 3.05) is 0 Å². The highest BCUT2D eigenvalue weighted by Crippen LogP contribution is 2.24. The molecule has 3 nitrogen and oxygen atoms in total. The van der Waals surface area contributed by atoms with E-state index < -0.39 is 5.97 Å². The van der Waals surface area contributed by atoms with Crippen molar-refractivity contribution in [1.29, 1.82) is 0 Å². The zero-order chi connectivity index (χ0) is 13.3. The van der Waals surface area contributed by atoms with Gasteiger partial charge in [0.2, 0.25) is 0 Å². The number of fused-ring (bicyclic) bond motifs is 1. The first-order chi connectivity index (χ1) is 8.47. The van der Waals surface area contributed by atoms with Gasteiger partial charge in [0.25, 0.3) is 0 Å². The smallest absolute Gasteiger partial charge is 0.303 e. The van der Waals surface area contributed by atoms with E-state index in [1.165, 1.54) is 12.1 Å². The Kier molecular flexibility index (Phi) is 3.28. The summed E-state index contributed by atoms with van der Waals surface area (Å²) < 4.78 is 13.5. The van der Waals surface area contributed by atoms with Gasteiger partial charge >= 0.3 is 5.97 Å². The van der Waals surface area contributed by atoms with Crippen molar-refractivity contribution in [3.8, 4) is 0 Å². The molecule has 1 aromatic carbocycles. The van der Waals surface area contributed by atoms with E-state index in [0.717, 1.165) is 16.6 Å². The SMILES string of the molecule is Cc1cc(C)c2cc(F)cc(CCC(=O)O)c2n1. The summed E-state index contributed by atoms with van der Waals surface area (Å²) in [7, 11) is 0. The molecule has 1 aromatic heterocycles. The zero-order valence-electron chi connectivity index (χ0n) is 10.3. The maximum absolute atomic E-state index is 13.5. The fourth-order valence-electron chi connectivity index (χ4n) is 2.12. The second-order valence-electron chi connectivity index (χ2n) is 4.44. The first kappa shape index (κ1) is 12.5. The highest BCUT2D eigenvalue weighted by atomic mass is 19.1. The minimum atomic E-state index is -0.892. The summed E-state index contributed by atoms with van der Waals surface area (Å²) in [6.45, 7) is 3.77. The number of carboxylic acids is 1. The molecular formula is C14H14FNO2. The monoisotopic (exact) mass is 247 g/mol.